The topological polar surface area (TPSA) is 111 Å². The fourth-order valence-electron chi connectivity index (χ4n) is 2.67. The molecule has 0 unspecified atom stereocenters. The number of rotatable bonds is 4. The Balaban J connectivity index is 1.66. The number of nitrogens with zero attached hydrogens (tertiary/aromatic N) is 4. The van der Waals surface area contributed by atoms with Gasteiger partial charge in [0.05, 0.1) is 13.1 Å². The number of aliphatic hydroxyl groups excluding tert-OH is 1. The smallest absolute Gasteiger partial charge is 0.269 e. The first kappa shape index (κ1) is 16.3. The van der Waals surface area contributed by atoms with Gasteiger partial charge < -0.3 is 20.4 Å². The van der Waals surface area contributed by atoms with Crippen LogP contribution in [0.3, 0.4) is 0 Å². The van der Waals surface area contributed by atoms with E-state index in [1.54, 1.807) is 42.3 Å². The molecule has 8 heteroatoms. The van der Waals surface area contributed by atoms with Crippen LogP contribution in [0.1, 0.15) is 16.3 Å². The maximum Gasteiger partial charge on any atom is 0.269 e. The Morgan fingerprint density at radius 1 is 1.38 bits per heavy atom. The van der Waals surface area contributed by atoms with Gasteiger partial charge >= 0.3 is 0 Å². The molecule has 0 aromatic carbocycles. The summed E-state index contributed by atoms with van der Waals surface area (Å²) in [5, 5.41) is 23.5. The summed E-state index contributed by atoms with van der Waals surface area (Å²) in [4.78, 5) is 26.1. The van der Waals surface area contributed by atoms with E-state index in [-0.39, 0.29) is 25.3 Å². The van der Waals surface area contributed by atoms with Gasteiger partial charge in [-0.05, 0) is 25.1 Å². The van der Waals surface area contributed by atoms with Gasteiger partial charge in [-0.1, -0.05) is 6.07 Å². The van der Waals surface area contributed by atoms with Gasteiger partial charge in [0.25, 0.3) is 5.91 Å². The number of anilines is 1. The highest BCUT2D eigenvalue weighted by Crippen LogP contribution is 2.25. The Morgan fingerprint density at radius 2 is 2.21 bits per heavy atom. The van der Waals surface area contributed by atoms with E-state index in [0.717, 1.165) is 0 Å². The molecular weight excluding hydrogens is 310 g/mol. The molecule has 0 aliphatic carbocycles. The van der Waals surface area contributed by atoms with E-state index in [1.807, 2.05) is 0 Å². The molecule has 2 aromatic heterocycles. The lowest BCUT2D eigenvalue weighted by Gasteiger charge is -2.26. The second-order valence-corrected chi connectivity index (χ2v) is 5.86. The van der Waals surface area contributed by atoms with E-state index < -0.39 is 17.6 Å². The van der Waals surface area contributed by atoms with E-state index in [1.165, 1.54) is 6.20 Å². The molecule has 126 valence electrons. The lowest BCUT2D eigenvalue weighted by molar-refractivity contribution is -0.0364. The number of aryl methyl sites for hydroxylation is 1. The Hall–Kier alpha value is -2.58. The second-order valence-electron chi connectivity index (χ2n) is 5.86. The van der Waals surface area contributed by atoms with Crippen LogP contribution in [0, 0.1) is 6.92 Å². The van der Waals surface area contributed by atoms with Crippen LogP contribution in [-0.2, 0) is 0 Å². The van der Waals surface area contributed by atoms with Crippen molar-refractivity contribution in [3.8, 4) is 0 Å². The number of pyridine rings is 1. The molecule has 8 nitrogen and oxygen atoms in total. The van der Waals surface area contributed by atoms with Crippen LogP contribution in [0.2, 0.25) is 0 Å². The molecule has 0 spiro atoms. The Labute approximate surface area is 139 Å². The predicted molar refractivity (Wildman–Crippen MR) is 86.5 cm³/mol. The molecule has 0 radical (unpaired) electrons. The number of aliphatic hydroxyl groups is 2. The number of hydrogen-bond acceptors (Lipinski definition) is 7. The van der Waals surface area contributed by atoms with Crippen LogP contribution in [0.25, 0.3) is 0 Å². The van der Waals surface area contributed by atoms with Crippen molar-refractivity contribution in [2.75, 3.05) is 24.5 Å². The molecule has 24 heavy (non-hydrogen) atoms. The number of aromatic nitrogens is 3. The monoisotopic (exact) mass is 329 g/mol. The van der Waals surface area contributed by atoms with Crippen LogP contribution in [-0.4, -0.2) is 62.4 Å². The Morgan fingerprint density at radius 3 is 2.92 bits per heavy atom. The van der Waals surface area contributed by atoms with E-state index in [0.29, 0.717) is 11.6 Å². The third kappa shape index (κ3) is 3.34. The molecule has 1 aliphatic rings. The summed E-state index contributed by atoms with van der Waals surface area (Å²) in [5.41, 5.74) is -1.19. The minimum Gasteiger partial charge on any atom is -0.388 e. The summed E-state index contributed by atoms with van der Waals surface area (Å²) in [6.45, 7) is 2.08. The highest BCUT2D eigenvalue weighted by atomic mass is 16.3. The lowest BCUT2D eigenvalue weighted by atomic mass is 10.0. The zero-order chi connectivity index (χ0) is 17.2. The SMILES string of the molecule is Cc1nccc(N2C[C@@H](O)[C@](O)(CNC(=O)c3ccccn3)C2)n1. The van der Waals surface area contributed by atoms with Crippen LogP contribution < -0.4 is 10.2 Å². The van der Waals surface area contributed by atoms with Crippen LogP contribution in [0.4, 0.5) is 5.82 Å². The highest BCUT2D eigenvalue weighted by Gasteiger charge is 2.45. The molecule has 0 bridgehead atoms. The van der Waals surface area contributed by atoms with Gasteiger partial charge in [-0.25, -0.2) is 9.97 Å². The van der Waals surface area contributed by atoms with Crippen molar-refractivity contribution in [1.82, 2.24) is 20.3 Å². The number of carbonyl (C=O) groups excluding carboxylic acids is 1. The summed E-state index contributed by atoms with van der Waals surface area (Å²) >= 11 is 0. The molecule has 2 atom stereocenters. The van der Waals surface area contributed by atoms with Crippen molar-refractivity contribution in [2.45, 2.75) is 18.6 Å². The van der Waals surface area contributed by atoms with Gasteiger partial charge in [0.1, 0.15) is 29.0 Å². The fourth-order valence-corrected chi connectivity index (χ4v) is 2.67. The minimum atomic E-state index is -1.46. The maximum atomic E-state index is 12.0. The first-order valence-electron chi connectivity index (χ1n) is 7.62. The molecule has 3 heterocycles. The van der Waals surface area contributed by atoms with Gasteiger partial charge in [0.15, 0.2) is 0 Å². The molecular formula is C16H19N5O3. The number of nitrogens with one attached hydrogen (secondary N) is 1. The first-order valence-corrected chi connectivity index (χ1v) is 7.62. The Bertz CT molecular complexity index is 727. The molecule has 1 fully saturated rings. The average molecular weight is 329 g/mol. The normalized spacial score (nSPS) is 23.3. The highest BCUT2D eigenvalue weighted by molar-refractivity contribution is 5.92. The van der Waals surface area contributed by atoms with Crippen molar-refractivity contribution in [3.05, 3.63) is 48.2 Å². The van der Waals surface area contributed by atoms with Crippen molar-refractivity contribution >= 4 is 11.7 Å². The standard InChI is InChI=1S/C16H19N5O3/c1-11-17-7-5-14(20-11)21-8-13(22)16(24,10-21)9-19-15(23)12-4-2-3-6-18-12/h2-7,13,22,24H,8-10H2,1H3,(H,19,23)/t13-,16+/m1/s1. The van der Waals surface area contributed by atoms with Gasteiger partial charge in [0.2, 0.25) is 0 Å². The minimum absolute atomic E-state index is 0.0792. The molecule has 2 aromatic rings. The third-order valence-corrected chi connectivity index (χ3v) is 4.02. The van der Waals surface area contributed by atoms with E-state index in [4.69, 9.17) is 0 Å². The molecule has 0 saturated carbocycles. The average Bonchev–Trinajstić information content (AvgIpc) is 2.89. The van der Waals surface area contributed by atoms with E-state index >= 15 is 0 Å². The number of β-amino-alcohol motifs (C(OH)–C–C–N with tert-alkyl or cyclic N) is 2. The van der Waals surface area contributed by atoms with Gasteiger partial charge in [-0.2, -0.15) is 0 Å². The van der Waals surface area contributed by atoms with Gasteiger partial charge in [-0.15, -0.1) is 0 Å². The zero-order valence-electron chi connectivity index (χ0n) is 13.3. The van der Waals surface area contributed by atoms with Crippen molar-refractivity contribution < 1.29 is 15.0 Å². The number of amides is 1. The molecule has 1 aliphatic heterocycles. The van der Waals surface area contributed by atoms with Crippen LogP contribution in [0.15, 0.2) is 36.7 Å². The molecule has 3 N–H and O–H groups in total. The van der Waals surface area contributed by atoms with Crippen molar-refractivity contribution in [1.29, 1.82) is 0 Å². The van der Waals surface area contributed by atoms with Crippen molar-refractivity contribution in [2.24, 2.45) is 0 Å². The summed E-state index contributed by atoms with van der Waals surface area (Å²) in [6.07, 6.45) is 2.15. The third-order valence-electron chi connectivity index (χ3n) is 4.02. The largest absolute Gasteiger partial charge is 0.388 e. The molecule has 1 saturated heterocycles. The summed E-state index contributed by atoms with van der Waals surface area (Å²) in [5.74, 6) is 0.849. The zero-order valence-corrected chi connectivity index (χ0v) is 13.3. The predicted octanol–water partition coefficient (Wildman–Crippen LogP) is -0.478. The number of hydrogen-bond donors (Lipinski definition) is 3. The second kappa shape index (κ2) is 6.50. The fraction of sp³-hybridized carbons (Fsp3) is 0.375. The van der Waals surface area contributed by atoms with Crippen molar-refractivity contribution in [3.63, 3.8) is 0 Å². The number of carbonyl (C=O) groups is 1. The van der Waals surface area contributed by atoms with Crippen LogP contribution >= 0.6 is 0 Å². The lowest BCUT2D eigenvalue weighted by Crippen LogP contribution is -2.51. The maximum absolute atomic E-state index is 12.0. The van der Waals surface area contributed by atoms with E-state index in [9.17, 15) is 15.0 Å². The summed E-state index contributed by atoms with van der Waals surface area (Å²) < 4.78 is 0. The van der Waals surface area contributed by atoms with Crippen LogP contribution in [0.5, 0.6) is 0 Å². The van der Waals surface area contributed by atoms with Gasteiger partial charge in [0, 0.05) is 18.9 Å². The quantitative estimate of drug-likeness (QED) is 0.695. The molecule has 1 amide bonds. The van der Waals surface area contributed by atoms with Gasteiger partial charge in [-0.3, -0.25) is 9.78 Å². The van der Waals surface area contributed by atoms with E-state index in [2.05, 4.69) is 20.3 Å². The summed E-state index contributed by atoms with van der Waals surface area (Å²) in [6, 6.07) is 6.73. The summed E-state index contributed by atoms with van der Waals surface area (Å²) in [7, 11) is 0. The molecule has 3 rings (SSSR count). The Kier molecular flexibility index (Phi) is 4.41. The first-order chi connectivity index (χ1) is 11.5.